The van der Waals surface area contributed by atoms with Crippen molar-refractivity contribution in [3.05, 3.63) is 107 Å². The fraction of sp³-hybridized carbons (Fsp3) is 0.316. The fourth-order valence-electron chi connectivity index (χ4n) is 7.41. The van der Waals surface area contributed by atoms with E-state index in [2.05, 4.69) is 0 Å². The van der Waals surface area contributed by atoms with Crippen molar-refractivity contribution < 1.29 is 53.4 Å². The lowest BCUT2D eigenvalue weighted by molar-refractivity contribution is -0.438. The van der Waals surface area contributed by atoms with Gasteiger partial charge in [-0.15, -0.1) is 0 Å². The minimum absolute atomic E-state index is 0.0227. The number of anilines is 1. The van der Waals surface area contributed by atoms with Crippen molar-refractivity contribution in [2.75, 3.05) is 23.7 Å². The third kappa shape index (κ3) is 7.99. The van der Waals surface area contributed by atoms with E-state index in [1.54, 1.807) is 36.4 Å². The molecule has 0 saturated heterocycles. The highest BCUT2D eigenvalue weighted by Gasteiger charge is 2.45. The van der Waals surface area contributed by atoms with Gasteiger partial charge in [0.25, 0.3) is 0 Å². The van der Waals surface area contributed by atoms with E-state index in [-0.39, 0.29) is 22.8 Å². The van der Waals surface area contributed by atoms with Crippen molar-refractivity contribution in [2.45, 2.75) is 68.1 Å². The molecule has 0 saturated carbocycles. The molecule has 0 bridgehead atoms. The molecule has 0 atom stereocenters. The Morgan fingerprint density at radius 1 is 0.815 bits per heavy atom. The number of hydrogen-bond donors (Lipinski definition) is 1. The third-order valence-corrected chi connectivity index (χ3v) is 12.4. The molecule has 2 aliphatic heterocycles. The number of carbonyl (C=O) groups is 1. The number of aromatic carboxylic acids is 1. The molecule has 0 unspecified atom stereocenters. The van der Waals surface area contributed by atoms with E-state index in [1.165, 1.54) is 12.1 Å². The molecule has 16 heteroatoms. The van der Waals surface area contributed by atoms with Gasteiger partial charge in [-0.1, -0.05) is 50.3 Å². The zero-order valence-corrected chi connectivity index (χ0v) is 32.7. The van der Waals surface area contributed by atoms with E-state index < -0.39 is 62.7 Å². The van der Waals surface area contributed by atoms with Crippen LogP contribution >= 0.6 is 0 Å². The van der Waals surface area contributed by atoms with Gasteiger partial charge in [0.1, 0.15) is 26.8 Å². The highest BCUT2D eigenvalue weighted by molar-refractivity contribution is 7.86. The number of benzene rings is 3. The number of allylic oxidation sites excluding steroid dienone is 8. The summed E-state index contributed by atoms with van der Waals surface area (Å²) in [6, 6.07) is 9.75. The maximum absolute atomic E-state index is 12.2. The molecule has 0 fully saturated rings. The first-order chi connectivity index (χ1) is 25.0. The van der Waals surface area contributed by atoms with Crippen LogP contribution in [0.15, 0.2) is 100 Å². The number of carboxylic acid groups (broad SMARTS) is 1. The molecular weight excluding hydrogens is 757 g/mol. The van der Waals surface area contributed by atoms with Gasteiger partial charge in [0.2, 0.25) is 5.69 Å². The van der Waals surface area contributed by atoms with Gasteiger partial charge >= 0.3 is 5.97 Å². The van der Waals surface area contributed by atoms with Crippen LogP contribution in [0.3, 0.4) is 0 Å². The van der Waals surface area contributed by atoms with E-state index in [9.17, 15) is 48.8 Å². The molecule has 13 nitrogen and oxygen atoms in total. The summed E-state index contributed by atoms with van der Waals surface area (Å²) in [5.41, 5.74) is 3.26. The summed E-state index contributed by atoms with van der Waals surface area (Å²) in [6.07, 6.45) is 13.4. The number of fused-ring (bicyclic) bond motifs is 4. The normalized spacial score (nSPS) is 17.9. The number of carboxylic acids is 1. The Hall–Kier alpha value is -4.45. The largest absolute Gasteiger partial charge is 0.748 e. The Bertz CT molecular complexity index is 2540. The molecule has 288 valence electrons. The van der Waals surface area contributed by atoms with Crippen LogP contribution in [0.4, 0.5) is 11.4 Å². The van der Waals surface area contributed by atoms with E-state index >= 15 is 0 Å². The standard InChI is InChI=1S/C38H42N2O11S3/c1-6-39-31-19-17-27-28(23-26(53(46,47)48)24-32(27)54(49,50)51)35(31)38(4,5)34(39)15-11-9-7-8-10-14-33-37(2,3)29-22-25(36(41)42)16-18-30(29)40(33)20-12-13-21-52(43,44)45/h7-11,14-19,22-24H,6,12-13,20-21H2,1-5H3,(H3-,41,42,43,44,45,46,47,48,49,50,51)/p-2. The molecular formula is C38H40N2O11S3-2. The molecule has 0 aromatic heterocycles. The van der Waals surface area contributed by atoms with E-state index in [0.29, 0.717) is 36.8 Å². The molecule has 5 rings (SSSR count). The monoisotopic (exact) mass is 796 g/mol. The van der Waals surface area contributed by atoms with E-state index in [4.69, 9.17) is 0 Å². The molecule has 0 radical (unpaired) electrons. The van der Waals surface area contributed by atoms with Crippen LogP contribution in [0.25, 0.3) is 10.8 Å². The second-order valence-electron chi connectivity index (χ2n) is 14.1. The van der Waals surface area contributed by atoms with Crippen molar-refractivity contribution >= 4 is 64.2 Å². The summed E-state index contributed by atoms with van der Waals surface area (Å²) < 4.78 is 108. The quantitative estimate of drug-likeness (QED) is 0.0994. The summed E-state index contributed by atoms with van der Waals surface area (Å²) in [6.45, 7) is 10.5. The molecule has 54 heavy (non-hydrogen) atoms. The summed E-state index contributed by atoms with van der Waals surface area (Å²) in [5, 5.41) is 9.80. The van der Waals surface area contributed by atoms with Crippen molar-refractivity contribution in [2.24, 2.45) is 0 Å². The molecule has 3 aromatic rings. The first-order valence-corrected chi connectivity index (χ1v) is 21.4. The lowest BCUT2D eigenvalue weighted by Gasteiger charge is -2.26. The van der Waals surface area contributed by atoms with Crippen LogP contribution in [0, 0.1) is 0 Å². The SMILES string of the molecule is CCN1\C(=C/C=C/C=C/C=C/C2=[N+](CCCCS(=O)(=O)[O-])c3ccc(C(=O)O)cc3C2(C)C)C(C)(C)c2c1ccc1c(S(=O)(=O)[O-])cc(S(=O)(=O)[O-])cc21. The second-order valence-corrected chi connectivity index (χ2v) is 18.4. The first kappa shape index (κ1) is 40.7. The zero-order valence-electron chi connectivity index (χ0n) is 30.3. The summed E-state index contributed by atoms with van der Waals surface area (Å²) in [5.74, 6) is -1.52. The van der Waals surface area contributed by atoms with Crippen LogP contribution in [0.5, 0.6) is 0 Å². The van der Waals surface area contributed by atoms with Gasteiger partial charge in [-0.2, -0.15) is 4.58 Å². The molecule has 1 N–H and O–H groups in total. The number of likely N-dealkylation sites (N-methyl/N-ethyl adjacent to an activating group) is 1. The molecule has 2 heterocycles. The van der Waals surface area contributed by atoms with Gasteiger partial charge in [0, 0.05) is 53.2 Å². The van der Waals surface area contributed by atoms with Crippen molar-refractivity contribution in [1.29, 1.82) is 0 Å². The Kier molecular flexibility index (Phi) is 11.1. The average molecular weight is 797 g/mol. The highest BCUT2D eigenvalue weighted by atomic mass is 32.2. The molecule has 3 aromatic carbocycles. The molecule has 0 aliphatic carbocycles. The van der Waals surface area contributed by atoms with Crippen LogP contribution < -0.4 is 4.90 Å². The van der Waals surface area contributed by atoms with Crippen molar-refractivity contribution in [3.63, 3.8) is 0 Å². The maximum Gasteiger partial charge on any atom is 0.335 e. The van der Waals surface area contributed by atoms with E-state index in [0.717, 1.165) is 28.7 Å². The number of unbranched alkanes of at least 4 members (excludes halogenated alkanes) is 1. The number of rotatable bonds is 13. The Balaban J connectivity index is 1.45. The van der Waals surface area contributed by atoms with Gasteiger partial charge in [-0.05, 0) is 79.9 Å². The average Bonchev–Trinajstić information content (AvgIpc) is 3.42. The predicted octanol–water partition coefficient (Wildman–Crippen LogP) is 5.42. The lowest BCUT2D eigenvalue weighted by atomic mass is 9.81. The van der Waals surface area contributed by atoms with Crippen LogP contribution in [0.1, 0.15) is 68.9 Å². The zero-order chi connectivity index (χ0) is 40.0. The van der Waals surface area contributed by atoms with Gasteiger partial charge in [0.15, 0.2) is 5.71 Å². The fourth-order valence-corrected chi connectivity index (χ4v) is 9.29. The minimum Gasteiger partial charge on any atom is -0.748 e. The summed E-state index contributed by atoms with van der Waals surface area (Å²) in [7, 11) is -14.6. The van der Waals surface area contributed by atoms with Crippen LogP contribution in [0.2, 0.25) is 0 Å². The lowest BCUT2D eigenvalue weighted by Crippen LogP contribution is -2.28. The summed E-state index contributed by atoms with van der Waals surface area (Å²) >= 11 is 0. The topological polar surface area (TPSA) is 215 Å². The Labute approximate surface area is 315 Å². The summed E-state index contributed by atoms with van der Waals surface area (Å²) in [4.78, 5) is 12.1. The van der Waals surface area contributed by atoms with E-state index in [1.807, 2.05) is 68.4 Å². The molecule has 0 amide bonds. The van der Waals surface area contributed by atoms with Crippen molar-refractivity contribution in [1.82, 2.24) is 0 Å². The molecule has 0 spiro atoms. The Morgan fingerprint density at radius 3 is 2.09 bits per heavy atom. The number of nitrogens with zero attached hydrogens (tertiary/aromatic N) is 2. The number of hydrogen-bond acceptors (Lipinski definition) is 11. The van der Waals surface area contributed by atoms with Crippen molar-refractivity contribution in [3.8, 4) is 0 Å². The molecule has 2 aliphatic rings. The highest BCUT2D eigenvalue weighted by Crippen LogP contribution is 2.51. The van der Waals surface area contributed by atoms with Crippen LogP contribution in [-0.2, 0) is 41.2 Å². The van der Waals surface area contributed by atoms with Gasteiger partial charge in [0.05, 0.1) is 30.9 Å². The maximum atomic E-state index is 12.2. The smallest absolute Gasteiger partial charge is 0.335 e. The van der Waals surface area contributed by atoms with Gasteiger partial charge in [-0.3, -0.25) is 0 Å². The van der Waals surface area contributed by atoms with Gasteiger partial charge < -0.3 is 23.7 Å². The first-order valence-electron chi connectivity index (χ1n) is 17.0. The Morgan fingerprint density at radius 2 is 1.48 bits per heavy atom. The second kappa shape index (κ2) is 14.7. The predicted molar refractivity (Wildman–Crippen MR) is 201 cm³/mol. The minimum atomic E-state index is -5.13. The van der Waals surface area contributed by atoms with Gasteiger partial charge in [-0.25, -0.2) is 30.0 Å². The third-order valence-electron chi connectivity index (χ3n) is 9.89. The van der Waals surface area contributed by atoms with Crippen LogP contribution in [-0.4, -0.2) is 79.1 Å².